The highest BCUT2D eigenvalue weighted by molar-refractivity contribution is 7.17. The molecule has 2 aromatic carbocycles. The average Bonchev–Trinajstić information content (AvgIpc) is 3.09. The van der Waals surface area contributed by atoms with Gasteiger partial charge >= 0.3 is 0 Å². The van der Waals surface area contributed by atoms with Crippen molar-refractivity contribution in [3.05, 3.63) is 71.4 Å². The minimum absolute atomic E-state index is 0.198. The van der Waals surface area contributed by atoms with Crippen LogP contribution >= 0.6 is 11.3 Å². The van der Waals surface area contributed by atoms with E-state index in [-0.39, 0.29) is 5.75 Å². The van der Waals surface area contributed by atoms with Gasteiger partial charge in [-0.15, -0.1) is 11.3 Å². The van der Waals surface area contributed by atoms with Crippen LogP contribution in [0, 0.1) is 6.92 Å². The number of aromatic hydroxyl groups is 1. The maximum Gasteiger partial charge on any atom is 0.159 e. The van der Waals surface area contributed by atoms with E-state index >= 15 is 0 Å². The van der Waals surface area contributed by atoms with Crippen molar-refractivity contribution in [2.75, 3.05) is 5.43 Å². The Labute approximate surface area is 154 Å². The molecule has 128 valence electrons. The Morgan fingerprint density at radius 1 is 1.12 bits per heavy atom. The van der Waals surface area contributed by atoms with Crippen LogP contribution in [0.2, 0.25) is 0 Å². The molecule has 0 saturated carbocycles. The van der Waals surface area contributed by atoms with Gasteiger partial charge in [-0.05, 0) is 30.2 Å². The van der Waals surface area contributed by atoms with Crippen LogP contribution in [0.5, 0.6) is 5.75 Å². The van der Waals surface area contributed by atoms with Gasteiger partial charge in [0, 0.05) is 16.5 Å². The zero-order valence-corrected chi connectivity index (χ0v) is 14.9. The van der Waals surface area contributed by atoms with E-state index in [0.29, 0.717) is 11.4 Å². The minimum Gasteiger partial charge on any atom is -0.507 e. The smallest absolute Gasteiger partial charge is 0.159 e. The molecule has 2 heterocycles. The number of hydrazone groups is 1. The number of phenols is 1. The summed E-state index contributed by atoms with van der Waals surface area (Å²) in [7, 11) is 0. The van der Waals surface area contributed by atoms with Gasteiger partial charge in [0.05, 0.1) is 11.6 Å². The van der Waals surface area contributed by atoms with Gasteiger partial charge in [0.15, 0.2) is 5.82 Å². The molecule has 0 aliphatic heterocycles. The molecule has 0 spiro atoms. The average molecular weight is 360 g/mol. The van der Waals surface area contributed by atoms with Crippen LogP contribution in [0.25, 0.3) is 21.3 Å². The summed E-state index contributed by atoms with van der Waals surface area (Å²) in [5, 5.41) is 17.2. The first-order valence-corrected chi connectivity index (χ1v) is 8.96. The Morgan fingerprint density at radius 2 is 1.96 bits per heavy atom. The maximum absolute atomic E-state index is 9.98. The quantitative estimate of drug-likeness (QED) is 0.404. The second kappa shape index (κ2) is 6.93. The molecule has 0 bridgehead atoms. The van der Waals surface area contributed by atoms with E-state index in [4.69, 9.17) is 0 Å². The van der Waals surface area contributed by atoms with Crippen molar-refractivity contribution >= 4 is 33.6 Å². The fourth-order valence-corrected chi connectivity index (χ4v) is 3.63. The van der Waals surface area contributed by atoms with Gasteiger partial charge in [-0.2, -0.15) is 5.10 Å². The lowest BCUT2D eigenvalue weighted by Gasteiger charge is -2.05. The Balaban J connectivity index is 1.68. The molecule has 6 heteroatoms. The van der Waals surface area contributed by atoms with E-state index in [1.54, 1.807) is 23.6 Å². The first-order chi connectivity index (χ1) is 12.7. The van der Waals surface area contributed by atoms with Gasteiger partial charge in [0.2, 0.25) is 0 Å². The zero-order valence-electron chi connectivity index (χ0n) is 14.0. The van der Waals surface area contributed by atoms with E-state index in [2.05, 4.69) is 38.0 Å². The van der Waals surface area contributed by atoms with Crippen molar-refractivity contribution in [2.24, 2.45) is 5.10 Å². The molecule has 0 aliphatic rings. The third-order valence-electron chi connectivity index (χ3n) is 4.02. The summed E-state index contributed by atoms with van der Waals surface area (Å²) in [6.45, 7) is 1.93. The number of nitrogens with zero attached hydrogens (tertiary/aromatic N) is 3. The molecule has 0 fully saturated rings. The number of rotatable bonds is 4. The van der Waals surface area contributed by atoms with Gasteiger partial charge in [-0.3, -0.25) is 5.43 Å². The van der Waals surface area contributed by atoms with E-state index in [1.807, 2.05) is 37.3 Å². The second-order valence-corrected chi connectivity index (χ2v) is 6.71. The van der Waals surface area contributed by atoms with Gasteiger partial charge in [0.25, 0.3) is 0 Å². The third kappa shape index (κ3) is 3.14. The SMILES string of the molecule is Cc1ccc(/C=N/Nc2ncnc3scc(-c4ccccc4)c23)c(O)c1. The molecular weight excluding hydrogens is 344 g/mol. The number of nitrogens with one attached hydrogen (secondary N) is 1. The lowest BCUT2D eigenvalue weighted by atomic mass is 10.1. The summed E-state index contributed by atoms with van der Waals surface area (Å²) in [6, 6.07) is 15.6. The van der Waals surface area contributed by atoms with E-state index in [9.17, 15) is 5.11 Å². The van der Waals surface area contributed by atoms with Crippen molar-refractivity contribution in [3.8, 4) is 16.9 Å². The van der Waals surface area contributed by atoms with Gasteiger partial charge in [-0.25, -0.2) is 9.97 Å². The predicted molar refractivity (Wildman–Crippen MR) is 107 cm³/mol. The van der Waals surface area contributed by atoms with Gasteiger partial charge < -0.3 is 5.11 Å². The van der Waals surface area contributed by atoms with Gasteiger partial charge in [0.1, 0.15) is 16.9 Å². The molecule has 2 N–H and O–H groups in total. The number of benzene rings is 2. The van der Waals surface area contributed by atoms with Crippen molar-refractivity contribution in [3.63, 3.8) is 0 Å². The van der Waals surface area contributed by atoms with Crippen LogP contribution in [0.15, 0.2) is 65.3 Å². The van der Waals surface area contributed by atoms with Crippen LogP contribution in [-0.4, -0.2) is 21.3 Å². The number of aromatic nitrogens is 2. The summed E-state index contributed by atoms with van der Waals surface area (Å²) < 4.78 is 0. The summed E-state index contributed by atoms with van der Waals surface area (Å²) >= 11 is 1.57. The fraction of sp³-hybridized carbons (Fsp3) is 0.0500. The monoisotopic (exact) mass is 360 g/mol. The van der Waals surface area contributed by atoms with Crippen molar-refractivity contribution in [1.29, 1.82) is 0 Å². The molecule has 0 unspecified atom stereocenters. The van der Waals surface area contributed by atoms with E-state index < -0.39 is 0 Å². The largest absolute Gasteiger partial charge is 0.507 e. The normalized spacial score (nSPS) is 11.3. The standard InChI is InChI=1S/C20H16N4OS/c1-13-7-8-15(17(25)9-13)10-23-24-19-18-16(14-5-3-2-4-6-14)11-26-20(18)22-12-21-19/h2-12,25H,1H3,(H,21,22,24)/b23-10+. The number of phenolic OH excluding ortho intramolecular Hbond substituents is 1. The highest BCUT2D eigenvalue weighted by Gasteiger charge is 2.12. The highest BCUT2D eigenvalue weighted by atomic mass is 32.1. The van der Waals surface area contributed by atoms with Crippen molar-refractivity contribution in [2.45, 2.75) is 6.92 Å². The Morgan fingerprint density at radius 3 is 2.77 bits per heavy atom. The maximum atomic E-state index is 9.98. The lowest BCUT2D eigenvalue weighted by Crippen LogP contribution is -1.95. The molecule has 0 radical (unpaired) electrons. The third-order valence-corrected chi connectivity index (χ3v) is 4.90. The van der Waals surface area contributed by atoms with Crippen LogP contribution < -0.4 is 5.43 Å². The number of anilines is 1. The number of hydrogen-bond acceptors (Lipinski definition) is 6. The Hall–Kier alpha value is -3.25. The summed E-state index contributed by atoms with van der Waals surface area (Å²) in [5.74, 6) is 0.835. The topological polar surface area (TPSA) is 70.4 Å². The molecule has 4 aromatic rings. The van der Waals surface area contributed by atoms with Crippen molar-refractivity contribution in [1.82, 2.24) is 9.97 Å². The molecule has 5 nitrogen and oxygen atoms in total. The molecular formula is C20H16N4OS. The van der Waals surface area contributed by atoms with Crippen LogP contribution in [-0.2, 0) is 0 Å². The van der Waals surface area contributed by atoms with Crippen LogP contribution in [0.4, 0.5) is 5.82 Å². The molecule has 0 atom stereocenters. The Bertz CT molecular complexity index is 1090. The molecule has 0 saturated heterocycles. The molecule has 2 aromatic heterocycles. The molecule has 26 heavy (non-hydrogen) atoms. The fourth-order valence-electron chi connectivity index (χ4n) is 2.72. The van der Waals surface area contributed by atoms with Crippen LogP contribution in [0.1, 0.15) is 11.1 Å². The molecule has 4 rings (SSSR count). The summed E-state index contributed by atoms with van der Waals surface area (Å²) in [5.41, 5.74) is 6.80. The zero-order chi connectivity index (χ0) is 17.9. The van der Waals surface area contributed by atoms with Crippen LogP contribution in [0.3, 0.4) is 0 Å². The second-order valence-electron chi connectivity index (χ2n) is 5.85. The minimum atomic E-state index is 0.198. The highest BCUT2D eigenvalue weighted by Crippen LogP contribution is 2.36. The number of aryl methyl sites for hydroxylation is 1. The predicted octanol–water partition coefficient (Wildman–Crippen LogP) is 4.82. The van der Waals surface area contributed by atoms with Crippen molar-refractivity contribution < 1.29 is 5.11 Å². The molecule has 0 amide bonds. The van der Waals surface area contributed by atoms with Gasteiger partial charge in [-0.1, -0.05) is 36.4 Å². The number of hydrogen-bond donors (Lipinski definition) is 2. The van der Waals surface area contributed by atoms with E-state index in [1.165, 1.54) is 6.33 Å². The molecule has 0 aliphatic carbocycles. The first kappa shape index (κ1) is 16.2. The number of fused-ring (bicyclic) bond motifs is 1. The lowest BCUT2D eigenvalue weighted by molar-refractivity contribution is 0.474. The van der Waals surface area contributed by atoms with E-state index in [0.717, 1.165) is 26.9 Å². The first-order valence-electron chi connectivity index (χ1n) is 8.08. The summed E-state index contributed by atoms with van der Waals surface area (Å²) in [4.78, 5) is 9.59. The number of thiophene rings is 1. The summed E-state index contributed by atoms with van der Waals surface area (Å²) in [6.07, 6.45) is 3.10. The Kier molecular flexibility index (Phi) is 4.33.